The largest absolute Gasteiger partial charge is 0.496 e. The second-order valence-electron chi connectivity index (χ2n) is 4.29. The van der Waals surface area contributed by atoms with E-state index < -0.39 is 17.5 Å². The molecular weight excluding hydrogens is 293 g/mol. The Morgan fingerprint density at radius 2 is 2.05 bits per heavy atom. The number of hydrogen-bond acceptors (Lipinski definition) is 3. The Balaban J connectivity index is 2.46. The molecule has 2 aromatic rings. The van der Waals surface area contributed by atoms with Crippen LogP contribution in [0.3, 0.4) is 0 Å². The Labute approximate surface area is 126 Å². The molecule has 0 heterocycles. The maximum Gasteiger partial charge on any atom is 0.186 e. The monoisotopic (exact) mass is 303 g/mol. The zero-order chi connectivity index (χ0) is 15.4. The van der Waals surface area contributed by atoms with E-state index in [9.17, 15) is 14.4 Å². The van der Waals surface area contributed by atoms with Crippen molar-refractivity contribution < 1.29 is 13.9 Å². The Hall–Kier alpha value is -2.38. The van der Waals surface area contributed by atoms with Gasteiger partial charge in [-0.25, -0.2) is 4.39 Å². The number of ketones is 1. The number of nitriles is 1. The molecule has 0 aliphatic carbocycles. The maximum absolute atomic E-state index is 13.1. The van der Waals surface area contributed by atoms with Crippen molar-refractivity contribution in [3.8, 4) is 11.8 Å². The first-order chi connectivity index (χ1) is 10.1. The highest BCUT2D eigenvalue weighted by Crippen LogP contribution is 2.30. The van der Waals surface area contributed by atoms with Crippen LogP contribution in [0.5, 0.6) is 5.75 Å². The molecule has 0 radical (unpaired) electrons. The fourth-order valence-electron chi connectivity index (χ4n) is 2.02. The van der Waals surface area contributed by atoms with Crippen LogP contribution in [0.4, 0.5) is 4.39 Å². The second-order valence-corrected chi connectivity index (χ2v) is 4.70. The molecule has 0 bridgehead atoms. The van der Waals surface area contributed by atoms with Crippen LogP contribution < -0.4 is 4.74 Å². The van der Waals surface area contributed by atoms with Crippen molar-refractivity contribution in [1.29, 1.82) is 5.26 Å². The number of halogens is 2. The number of para-hydroxylation sites is 1. The van der Waals surface area contributed by atoms with E-state index in [1.165, 1.54) is 13.2 Å². The summed E-state index contributed by atoms with van der Waals surface area (Å²) in [6.07, 6.45) is 0. The van der Waals surface area contributed by atoms with E-state index in [2.05, 4.69) is 0 Å². The van der Waals surface area contributed by atoms with Crippen LogP contribution in [0.25, 0.3) is 0 Å². The number of nitrogens with zero attached hydrogens (tertiary/aromatic N) is 1. The smallest absolute Gasteiger partial charge is 0.186 e. The Bertz CT molecular complexity index is 724. The topological polar surface area (TPSA) is 50.1 Å². The van der Waals surface area contributed by atoms with Crippen molar-refractivity contribution in [1.82, 2.24) is 0 Å². The zero-order valence-electron chi connectivity index (χ0n) is 11.1. The second kappa shape index (κ2) is 6.38. The highest BCUT2D eigenvalue weighted by Gasteiger charge is 2.26. The number of Topliss-reactive ketones (excluding diaryl/α,β-unsaturated/α-hetero) is 1. The van der Waals surface area contributed by atoms with Gasteiger partial charge in [0.15, 0.2) is 5.78 Å². The van der Waals surface area contributed by atoms with E-state index in [0.717, 1.165) is 12.1 Å². The van der Waals surface area contributed by atoms with Crippen LogP contribution in [0.15, 0.2) is 42.5 Å². The number of carbonyl (C=O) groups is 1. The number of hydrogen-bond donors (Lipinski definition) is 0. The van der Waals surface area contributed by atoms with Gasteiger partial charge in [0.05, 0.1) is 18.2 Å². The highest BCUT2D eigenvalue weighted by molar-refractivity contribution is 6.34. The van der Waals surface area contributed by atoms with Gasteiger partial charge in [-0.3, -0.25) is 4.79 Å². The molecule has 1 atom stereocenters. The number of benzene rings is 2. The summed E-state index contributed by atoms with van der Waals surface area (Å²) in [5.74, 6) is -1.66. The van der Waals surface area contributed by atoms with Crippen molar-refractivity contribution >= 4 is 17.4 Å². The van der Waals surface area contributed by atoms with E-state index in [0.29, 0.717) is 11.3 Å². The quantitative estimate of drug-likeness (QED) is 0.803. The first-order valence-electron chi connectivity index (χ1n) is 6.10. The third kappa shape index (κ3) is 3.04. The summed E-state index contributed by atoms with van der Waals surface area (Å²) in [4.78, 5) is 12.5. The van der Waals surface area contributed by atoms with Crippen molar-refractivity contribution in [2.75, 3.05) is 7.11 Å². The number of rotatable bonds is 4. The molecule has 0 saturated heterocycles. The van der Waals surface area contributed by atoms with Crippen molar-refractivity contribution in [2.24, 2.45) is 0 Å². The molecule has 21 heavy (non-hydrogen) atoms. The van der Waals surface area contributed by atoms with Crippen LogP contribution in [0.2, 0.25) is 5.02 Å². The molecule has 0 amide bonds. The van der Waals surface area contributed by atoms with E-state index >= 15 is 0 Å². The molecule has 0 aliphatic rings. The summed E-state index contributed by atoms with van der Waals surface area (Å²) in [6, 6.07) is 12.2. The van der Waals surface area contributed by atoms with Gasteiger partial charge in [0.25, 0.3) is 0 Å². The lowest BCUT2D eigenvalue weighted by atomic mass is 9.91. The summed E-state index contributed by atoms with van der Waals surface area (Å²) >= 11 is 5.89. The standard InChI is InChI=1S/C16H11ClFNO2/c1-21-15-5-3-2-4-11(15)13(9-19)16(20)12-7-6-10(18)8-14(12)17/h2-8,13H,1H3. The molecule has 3 nitrogen and oxygen atoms in total. The molecule has 106 valence electrons. The van der Waals surface area contributed by atoms with E-state index in [1.807, 2.05) is 6.07 Å². The van der Waals surface area contributed by atoms with Gasteiger partial charge in [0.2, 0.25) is 0 Å². The fraction of sp³-hybridized carbons (Fsp3) is 0.125. The average Bonchev–Trinajstić information content (AvgIpc) is 2.48. The minimum absolute atomic E-state index is 0.0184. The summed E-state index contributed by atoms with van der Waals surface area (Å²) in [7, 11) is 1.46. The van der Waals surface area contributed by atoms with Crippen molar-refractivity contribution in [3.05, 3.63) is 64.4 Å². The van der Waals surface area contributed by atoms with Crippen LogP contribution in [0.1, 0.15) is 21.8 Å². The first kappa shape index (κ1) is 15.0. The predicted octanol–water partition coefficient (Wildman–Crippen LogP) is 3.98. The van der Waals surface area contributed by atoms with Crippen molar-refractivity contribution in [2.45, 2.75) is 5.92 Å². The lowest BCUT2D eigenvalue weighted by molar-refractivity contribution is 0.0978. The minimum Gasteiger partial charge on any atom is -0.496 e. The number of methoxy groups -OCH3 is 1. The predicted molar refractivity (Wildman–Crippen MR) is 77.1 cm³/mol. The van der Waals surface area contributed by atoms with Crippen molar-refractivity contribution in [3.63, 3.8) is 0 Å². The first-order valence-corrected chi connectivity index (χ1v) is 6.48. The molecule has 2 rings (SSSR count). The maximum atomic E-state index is 13.1. The van der Waals surface area contributed by atoms with Crippen LogP contribution >= 0.6 is 11.6 Å². The molecule has 0 aliphatic heterocycles. The lowest BCUT2D eigenvalue weighted by Crippen LogP contribution is -2.13. The molecule has 0 saturated carbocycles. The molecule has 2 aromatic carbocycles. The van der Waals surface area contributed by atoms with Gasteiger partial charge in [-0.05, 0) is 24.3 Å². The summed E-state index contributed by atoms with van der Waals surface area (Å²) in [5.41, 5.74) is 0.559. The highest BCUT2D eigenvalue weighted by atomic mass is 35.5. The molecule has 0 N–H and O–H groups in total. The van der Waals surface area contributed by atoms with Gasteiger partial charge < -0.3 is 4.74 Å². The molecule has 0 fully saturated rings. The van der Waals surface area contributed by atoms with E-state index in [-0.39, 0.29) is 10.6 Å². The van der Waals surface area contributed by atoms with Gasteiger partial charge in [-0.1, -0.05) is 29.8 Å². The van der Waals surface area contributed by atoms with Gasteiger partial charge in [-0.15, -0.1) is 0 Å². The Kier molecular flexibility index (Phi) is 4.56. The van der Waals surface area contributed by atoms with E-state index in [1.54, 1.807) is 24.3 Å². The van der Waals surface area contributed by atoms with Gasteiger partial charge >= 0.3 is 0 Å². The third-order valence-electron chi connectivity index (χ3n) is 3.04. The van der Waals surface area contributed by atoms with Crippen LogP contribution in [-0.4, -0.2) is 12.9 Å². The minimum atomic E-state index is -1.07. The Morgan fingerprint density at radius 1 is 1.33 bits per heavy atom. The third-order valence-corrected chi connectivity index (χ3v) is 3.35. The van der Waals surface area contributed by atoms with Gasteiger partial charge in [0, 0.05) is 11.1 Å². The average molecular weight is 304 g/mol. The Morgan fingerprint density at radius 3 is 2.67 bits per heavy atom. The molecule has 0 aromatic heterocycles. The van der Waals surface area contributed by atoms with Gasteiger partial charge in [0.1, 0.15) is 17.5 Å². The number of ether oxygens (including phenoxy) is 1. The summed E-state index contributed by atoms with van der Waals surface area (Å²) in [5, 5.41) is 9.31. The summed E-state index contributed by atoms with van der Waals surface area (Å²) < 4.78 is 18.2. The SMILES string of the molecule is COc1ccccc1C(C#N)C(=O)c1ccc(F)cc1Cl. The molecule has 5 heteroatoms. The van der Waals surface area contributed by atoms with E-state index in [4.69, 9.17) is 16.3 Å². The molecule has 0 spiro atoms. The van der Waals surface area contributed by atoms with Crippen LogP contribution in [-0.2, 0) is 0 Å². The summed E-state index contributed by atoms with van der Waals surface area (Å²) in [6.45, 7) is 0. The fourth-order valence-corrected chi connectivity index (χ4v) is 2.28. The molecule has 1 unspecified atom stereocenters. The lowest BCUT2D eigenvalue weighted by Gasteiger charge is -2.13. The number of carbonyl (C=O) groups excluding carboxylic acids is 1. The molecular formula is C16H11ClFNO2. The zero-order valence-corrected chi connectivity index (χ0v) is 11.9. The normalized spacial score (nSPS) is 11.5. The van der Waals surface area contributed by atoms with Crippen LogP contribution in [0, 0.1) is 17.1 Å². The van der Waals surface area contributed by atoms with Gasteiger partial charge in [-0.2, -0.15) is 5.26 Å².